The van der Waals surface area contributed by atoms with Gasteiger partial charge in [-0.3, -0.25) is 10.1 Å². The first-order valence-electron chi connectivity index (χ1n) is 5.62. The molecule has 104 valence electrons. The molecule has 2 N–H and O–H groups in total. The first-order valence-corrected chi connectivity index (χ1v) is 6.37. The van der Waals surface area contributed by atoms with Crippen LogP contribution in [-0.2, 0) is 6.54 Å². The normalized spacial score (nSPS) is 10.3. The zero-order chi connectivity index (χ0) is 14.7. The highest BCUT2D eigenvalue weighted by Crippen LogP contribution is 2.38. The van der Waals surface area contributed by atoms with Crippen LogP contribution in [0.2, 0.25) is 10.0 Å². The maximum absolute atomic E-state index is 11.0. The van der Waals surface area contributed by atoms with Gasteiger partial charge in [0.05, 0.1) is 9.95 Å². The number of ether oxygens (including phenoxy) is 1. The zero-order valence-corrected chi connectivity index (χ0v) is 11.7. The molecule has 0 atom stereocenters. The van der Waals surface area contributed by atoms with E-state index in [1.165, 1.54) is 24.3 Å². The first-order chi connectivity index (χ1) is 9.52. The van der Waals surface area contributed by atoms with Crippen LogP contribution in [0.15, 0.2) is 36.4 Å². The highest BCUT2D eigenvalue weighted by Gasteiger charge is 2.19. The van der Waals surface area contributed by atoms with Gasteiger partial charge in [0, 0.05) is 17.6 Å². The minimum atomic E-state index is -0.558. The average molecular weight is 313 g/mol. The predicted octanol–water partition coefficient (Wildman–Crippen LogP) is 4.15. The topological polar surface area (TPSA) is 78.4 Å². The third-order valence-corrected chi connectivity index (χ3v) is 3.26. The van der Waals surface area contributed by atoms with Crippen molar-refractivity contribution in [3.8, 4) is 11.5 Å². The van der Waals surface area contributed by atoms with Crippen molar-refractivity contribution in [2.45, 2.75) is 6.54 Å². The molecule has 0 saturated carbocycles. The molecule has 5 nitrogen and oxygen atoms in total. The molecular weight excluding hydrogens is 303 g/mol. The molecule has 0 amide bonds. The largest absolute Gasteiger partial charge is 0.448 e. The van der Waals surface area contributed by atoms with Crippen LogP contribution < -0.4 is 10.5 Å². The number of benzene rings is 2. The van der Waals surface area contributed by atoms with Gasteiger partial charge in [-0.2, -0.15) is 0 Å². The maximum Gasteiger partial charge on any atom is 0.313 e. The molecule has 0 aliphatic rings. The lowest BCUT2D eigenvalue weighted by atomic mass is 10.2. The van der Waals surface area contributed by atoms with Crippen molar-refractivity contribution in [2.24, 2.45) is 5.73 Å². The number of nitro groups is 1. The van der Waals surface area contributed by atoms with E-state index < -0.39 is 4.92 Å². The Morgan fingerprint density at radius 1 is 1.20 bits per heavy atom. The molecular formula is C13H10Cl2N2O3. The molecule has 0 unspecified atom stereocenters. The summed E-state index contributed by atoms with van der Waals surface area (Å²) in [4.78, 5) is 10.4. The van der Waals surface area contributed by atoms with Crippen molar-refractivity contribution in [3.05, 3.63) is 62.1 Å². The van der Waals surface area contributed by atoms with Crippen molar-refractivity contribution in [3.63, 3.8) is 0 Å². The van der Waals surface area contributed by atoms with Crippen LogP contribution in [0.1, 0.15) is 5.56 Å². The van der Waals surface area contributed by atoms with Gasteiger partial charge in [0.25, 0.3) is 0 Å². The van der Waals surface area contributed by atoms with E-state index in [4.69, 9.17) is 33.7 Å². The predicted molar refractivity (Wildman–Crippen MR) is 77.5 cm³/mol. The molecule has 0 radical (unpaired) electrons. The van der Waals surface area contributed by atoms with Crippen LogP contribution in [0.4, 0.5) is 5.69 Å². The Morgan fingerprint density at radius 2 is 1.95 bits per heavy atom. The average Bonchev–Trinajstić information content (AvgIpc) is 2.41. The SMILES string of the molecule is NCc1ccc(Oc2c(Cl)cccc2[N+](=O)[O-])cc1Cl. The minimum absolute atomic E-state index is 0.0178. The van der Waals surface area contributed by atoms with Gasteiger partial charge < -0.3 is 10.5 Å². The Labute approximate surface area is 125 Å². The van der Waals surface area contributed by atoms with Crippen molar-refractivity contribution < 1.29 is 9.66 Å². The molecule has 0 aromatic heterocycles. The number of halogens is 2. The number of nitrogens with two attached hydrogens (primary N) is 1. The van der Waals surface area contributed by atoms with E-state index in [-0.39, 0.29) is 16.5 Å². The fourth-order valence-electron chi connectivity index (χ4n) is 1.62. The third kappa shape index (κ3) is 3.01. The van der Waals surface area contributed by atoms with Crippen molar-refractivity contribution in [2.75, 3.05) is 0 Å². The summed E-state index contributed by atoms with van der Waals surface area (Å²) in [5, 5.41) is 11.5. The Kier molecular flexibility index (Phi) is 4.44. The summed E-state index contributed by atoms with van der Waals surface area (Å²) in [6.07, 6.45) is 0. The number of nitrogens with zero attached hydrogens (tertiary/aromatic N) is 1. The second-order valence-corrected chi connectivity index (χ2v) is 4.72. The smallest absolute Gasteiger partial charge is 0.313 e. The van der Waals surface area contributed by atoms with E-state index >= 15 is 0 Å². The molecule has 0 fully saturated rings. The van der Waals surface area contributed by atoms with Crippen LogP contribution in [-0.4, -0.2) is 4.92 Å². The van der Waals surface area contributed by atoms with Gasteiger partial charge in [-0.25, -0.2) is 0 Å². The van der Waals surface area contributed by atoms with E-state index in [2.05, 4.69) is 0 Å². The second kappa shape index (κ2) is 6.09. The summed E-state index contributed by atoms with van der Waals surface area (Å²) in [6, 6.07) is 9.17. The zero-order valence-electron chi connectivity index (χ0n) is 10.2. The molecule has 0 saturated heterocycles. The molecule has 2 rings (SSSR count). The van der Waals surface area contributed by atoms with Gasteiger partial charge in [-0.05, 0) is 23.8 Å². The molecule has 2 aromatic carbocycles. The lowest BCUT2D eigenvalue weighted by molar-refractivity contribution is -0.385. The minimum Gasteiger partial charge on any atom is -0.448 e. The second-order valence-electron chi connectivity index (χ2n) is 3.90. The standard InChI is InChI=1S/C13H10Cl2N2O3/c14-10-2-1-3-12(17(18)19)13(10)20-9-5-4-8(7-16)11(15)6-9/h1-6H,7,16H2. The van der Waals surface area contributed by atoms with Gasteiger partial charge >= 0.3 is 5.69 Å². The van der Waals surface area contributed by atoms with E-state index in [1.54, 1.807) is 12.1 Å². The highest BCUT2D eigenvalue weighted by atomic mass is 35.5. The Morgan fingerprint density at radius 3 is 2.55 bits per heavy atom. The summed E-state index contributed by atoms with van der Waals surface area (Å²) >= 11 is 12.0. The van der Waals surface area contributed by atoms with Crippen LogP contribution in [0, 0.1) is 10.1 Å². The number of para-hydroxylation sites is 1. The number of hydrogen-bond acceptors (Lipinski definition) is 4. The quantitative estimate of drug-likeness (QED) is 0.679. The van der Waals surface area contributed by atoms with Gasteiger partial charge in [0.2, 0.25) is 5.75 Å². The van der Waals surface area contributed by atoms with E-state index in [1.807, 2.05) is 0 Å². The maximum atomic E-state index is 11.0. The lowest BCUT2D eigenvalue weighted by Gasteiger charge is -2.09. The summed E-state index contributed by atoms with van der Waals surface area (Å²) in [5.41, 5.74) is 6.05. The molecule has 7 heteroatoms. The first kappa shape index (κ1) is 14.6. The summed E-state index contributed by atoms with van der Waals surface area (Å²) in [5.74, 6) is 0.333. The van der Waals surface area contributed by atoms with Crippen LogP contribution >= 0.6 is 23.2 Å². The molecule has 0 spiro atoms. The lowest BCUT2D eigenvalue weighted by Crippen LogP contribution is -1.98. The van der Waals surface area contributed by atoms with E-state index in [0.717, 1.165) is 5.56 Å². The van der Waals surface area contributed by atoms with Gasteiger partial charge in [-0.15, -0.1) is 0 Å². The molecule has 20 heavy (non-hydrogen) atoms. The van der Waals surface area contributed by atoms with Crippen molar-refractivity contribution in [1.82, 2.24) is 0 Å². The number of nitro benzene ring substituents is 1. The molecule has 0 aliphatic heterocycles. The fraction of sp³-hybridized carbons (Fsp3) is 0.0769. The van der Waals surface area contributed by atoms with Gasteiger partial charge in [-0.1, -0.05) is 35.3 Å². The van der Waals surface area contributed by atoms with Crippen molar-refractivity contribution >= 4 is 28.9 Å². The molecule has 0 aliphatic carbocycles. The molecule has 0 bridgehead atoms. The molecule has 2 aromatic rings. The fourth-order valence-corrected chi connectivity index (χ4v) is 2.07. The molecule has 0 heterocycles. The van der Waals surface area contributed by atoms with Crippen LogP contribution in [0.5, 0.6) is 11.5 Å². The third-order valence-electron chi connectivity index (χ3n) is 2.61. The monoisotopic (exact) mass is 312 g/mol. The van der Waals surface area contributed by atoms with Crippen LogP contribution in [0.3, 0.4) is 0 Å². The van der Waals surface area contributed by atoms with E-state index in [9.17, 15) is 10.1 Å². The van der Waals surface area contributed by atoms with E-state index in [0.29, 0.717) is 17.3 Å². The summed E-state index contributed by atoms with van der Waals surface area (Å²) in [7, 11) is 0. The van der Waals surface area contributed by atoms with Crippen molar-refractivity contribution in [1.29, 1.82) is 0 Å². The summed E-state index contributed by atoms with van der Waals surface area (Å²) in [6.45, 7) is 0.297. The number of hydrogen-bond donors (Lipinski definition) is 1. The Balaban J connectivity index is 2.39. The Bertz CT molecular complexity index is 662. The van der Waals surface area contributed by atoms with Gasteiger partial charge in [0.15, 0.2) is 0 Å². The van der Waals surface area contributed by atoms with Crippen LogP contribution in [0.25, 0.3) is 0 Å². The van der Waals surface area contributed by atoms with Gasteiger partial charge in [0.1, 0.15) is 5.75 Å². The summed E-state index contributed by atoms with van der Waals surface area (Å²) < 4.78 is 5.48. The Hall–Kier alpha value is -1.82. The number of rotatable bonds is 4. The highest BCUT2D eigenvalue weighted by molar-refractivity contribution is 6.32.